The normalized spacial score (nSPS) is 23.9. The smallest absolute Gasteiger partial charge is 0.390 e. The molecule has 0 bridgehead atoms. The van der Waals surface area contributed by atoms with Crippen LogP contribution in [-0.2, 0) is 20.4 Å². The minimum atomic E-state index is -4.73. The maximum atomic E-state index is 11.9. The molecule has 1 aromatic heterocycles. The largest absolute Gasteiger partial charge is 0.469 e. The van der Waals surface area contributed by atoms with Crippen LogP contribution >= 0.6 is 7.82 Å². The van der Waals surface area contributed by atoms with Gasteiger partial charge in [0.1, 0.15) is 12.3 Å². The highest BCUT2D eigenvalue weighted by atomic mass is 31.2. The van der Waals surface area contributed by atoms with E-state index >= 15 is 0 Å². The quantitative estimate of drug-likeness (QED) is 0.215. The Morgan fingerprint density at radius 2 is 2.25 bits per heavy atom. The number of aromatic nitrogens is 2. The molecule has 4 N–H and O–H groups in total. The highest BCUT2D eigenvalue weighted by Crippen LogP contribution is 2.38. The van der Waals surface area contributed by atoms with Gasteiger partial charge in [-0.1, -0.05) is 5.11 Å². The van der Waals surface area contributed by atoms with Crippen molar-refractivity contribution in [2.24, 2.45) is 5.11 Å². The van der Waals surface area contributed by atoms with Crippen LogP contribution in [0.25, 0.3) is 10.4 Å². The fourth-order valence-electron chi connectivity index (χ4n) is 2.17. The molecular weight excluding hydrogens is 349 g/mol. The number of rotatable bonds is 6. The molecule has 2 heterocycles. The molecule has 1 fully saturated rings. The Balaban J connectivity index is 2.20. The van der Waals surface area contributed by atoms with Crippen molar-refractivity contribution in [2.75, 3.05) is 6.61 Å². The van der Waals surface area contributed by atoms with Crippen molar-refractivity contribution in [3.63, 3.8) is 0 Å². The zero-order valence-electron chi connectivity index (χ0n) is 12.0. The summed E-state index contributed by atoms with van der Waals surface area (Å²) < 4.78 is 21.3. The number of aliphatic hydroxyl groups is 1. The van der Waals surface area contributed by atoms with Gasteiger partial charge in [0, 0.05) is 23.1 Å². The van der Waals surface area contributed by atoms with Crippen LogP contribution in [-0.4, -0.2) is 43.3 Å². The van der Waals surface area contributed by atoms with Gasteiger partial charge in [-0.05, 0) is 5.53 Å². The third-order valence-corrected chi connectivity index (χ3v) is 3.75. The molecule has 1 aliphatic rings. The van der Waals surface area contributed by atoms with E-state index in [0.29, 0.717) is 0 Å². The van der Waals surface area contributed by atoms with Crippen molar-refractivity contribution < 1.29 is 28.7 Å². The van der Waals surface area contributed by atoms with Crippen LogP contribution < -0.4 is 11.2 Å². The number of ether oxygens (including phenoxy) is 1. The van der Waals surface area contributed by atoms with Crippen LogP contribution in [0.5, 0.6) is 0 Å². The van der Waals surface area contributed by atoms with Crippen LogP contribution in [0.4, 0.5) is 0 Å². The van der Waals surface area contributed by atoms with Gasteiger partial charge >= 0.3 is 13.5 Å². The summed E-state index contributed by atoms with van der Waals surface area (Å²) in [5.41, 5.74) is 6.78. The Labute approximate surface area is 133 Å². The van der Waals surface area contributed by atoms with Gasteiger partial charge < -0.3 is 19.6 Å². The molecule has 0 spiro atoms. The number of aromatic amines is 1. The fraction of sp³-hybridized carbons (Fsp3) is 0.600. The van der Waals surface area contributed by atoms with Gasteiger partial charge in [0.25, 0.3) is 5.56 Å². The second-order valence-corrected chi connectivity index (χ2v) is 6.17. The summed E-state index contributed by atoms with van der Waals surface area (Å²) in [7, 11) is -4.73. The summed E-state index contributed by atoms with van der Waals surface area (Å²) in [5, 5.41) is 13.1. The van der Waals surface area contributed by atoms with E-state index in [0.717, 1.165) is 10.8 Å². The lowest BCUT2D eigenvalue weighted by Gasteiger charge is -2.16. The number of hydrogen-bond acceptors (Lipinski definition) is 7. The highest BCUT2D eigenvalue weighted by molar-refractivity contribution is 7.46. The van der Waals surface area contributed by atoms with E-state index in [9.17, 15) is 19.3 Å². The number of hydrogen-bond donors (Lipinski definition) is 4. The monoisotopic (exact) mass is 363 g/mol. The molecule has 3 atom stereocenters. The molecular formula is C10H14N5O8P. The highest BCUT2D eigenvalue weighted by Gasteiger charge is 2.37. The molecule has 14 heteroatoms. The molecule has 1 aliphatic heterocycles. The Bertz CT molecular complexity index is 808. The zero-order valence-corrected chi connectivity index (χ0v) is 12.9. The Hall–Kier alpha value is -1.98. The Kier molecular flexibility index (Phi) is 5.57. The zero-order chi connectivity index (χ0) is 17.9. The summed E-state index contributed by atoms with van der Waals surface area (Å²) in [6.45, 7) is -0.863. The third kappa shape index (κ3) is 4.52. The van der Waals surface area contributed by atoms with Crippen molar-refractivity contribution in [2.45, 2.75) is 31.4 Å². The van der Waals surface area contributed by atoms with E-state index in [1.54, 1.807) is 0 Å². The average molecular weight is 363 g/mol. The molecule has 13 nitrogen and oxygen atoms in total. The van der Waals surface area contributed by atoms with E-state index in [-0.39, 0.29) is 18.5 Å². The Morgan fingerprint density at radius 3 is 2.88 bits per heavy atom. The molecule has 0 unspecified atom stereocenters. The molecule has 2 rings (SSSR count). The van der Waals surface area contributed by atoms with E-state index in [4.69, 9.17) is 20.1 Å². The molecule has 1 saturated heterocycles. The van der Waals surface area contributed by atoms with Gasteiger partial charge in [-0.25, -0.2) is 9.36 Å². The number of phosphoric ester groups is 1. The van der Waals surface area contributed by atoms with Crippen LogP contribution in [0, 0.1) is 0 Å². The Morgan fingerprint density at radius 1 is 1.54 bits per heavy atom. The average Bonchev–Trinajstić information content (AvgIpc) is 2.84. The maximum Gasteiger partial charge on any atom is 0.469 e. The van der Waals surface area contributed by atoms with E-state index < -0.39 is 44.1 Å². The molecule has 132 valence electrons. The van der Waals surface area contributed by atoms with Crippen LogP contribution in [0.15, 0.2) is 20.9 Å². The summed E-state index contributed by atoms with van der Waals surface area (Å²) in [6.07, 6.45) is -2.12. The number of H-pyrrole nitrogens is 1. The maximum absolute atomic E-state index is 11.9. The lowest BCUT2D eigenvalue weighted by Crippen LogP contribution is -2.34. The third-order valence-electron chi connectivity index (χ3n) is 3.27. The molecule has 0 saturated carbocycles. The minimum absolute atomic E-state index is 0.0143. The molecule has 0 aromatic carbocycles. The summed E-state index contributed by atoms with van der Waals surface area (Å²) >= 11 is 0. The SMILES string of the molecule is [N-]=[N+]=NCc1cn([C@H]2C[C@H](O)[C@@H](COP(=O)(O)O)O2)c(=O)[nH]c1=O. The van der Waals surface area contributed by atoms with Gasteiger partial charge in [0.05, 0.1) is 19.3 Å². The predicted octanol–water partition coefficient (Wildman–Crippen LogP) is -0.895. The lowest BCUT2D eigenvalue weighted by atomic mass is 10.2. The summed E-state index contributed by atoms with van der Waals surface area (Å²) in [5.74, 6) is 0. The number of nitrogens with zero attached hydrogens (tertiary/aromatic N) is 4. The summed E-state index contributed by atoms with van der Waals surface area (Å²) in [6, 6.07) is 0. The molecule has 1 aromatic rings. The first kappa shape index (κ1) is 18.4. The number of aliphatic hydroxyl groups excluding tert-OH is 1. The topological polar surface area (TPSA) is 200 Å². The second kappa shape index (κ2) is 7.28. The van der Waals surface area contributed by atoms with Gasteiger partial charge in [-0.2, -0.15) is 0 Å². The minimum Gasteiger partial charge on any atom is -0.390 e. The van der Waals surface area contributed by atoms with E-state index in [1.807, 2.05) is 4.98 Å². The lowest BCUT2D eigenvalue weighted by molar-refractivity contribution is -0.0451. The van der Waals surface area contributed by atoms with Crippen LogP contribution in [0.1, 0.15) is 18.2 Å². The fourth-order valence-corrected chi connectivity index (χ4v) is 2.51. The van der Waals surface area contributed by atoms with Crippen molar-refractivity contribution in [3.05, 3.63) is 43.0 Å². The van der Waals surface area contributed by atoms with Gasteiger partial charge in [-0.15, -0.1) is 0 Å². The van der Waals surface area contributed by atoms with Gasteiger partial charge in [-0.3, -0.25) is 18.9 Å². The van der Waals surface area contributed by atoms with Crippen LogP contribution in [0.3, 0.4) is 0 Å². The predicted molar refractivity (Wildman–Crippen MR) is 76.7 cm³/mol. The summed E-state index contributed by atoms with van der Waals surface area (Å²) in [4.78, 5) is 45.3. The second-order valence-electron chi connectivity index (χ2n) is 4.93. The molecule has 24 heavy (non-hydrogen) atoms. The molecule has 0 amide bonds. The molecule has 0 aliphatic carbocycles. The first-order valence-corrected chi connectivity index (χ1v) is 8.13. The number of nitrogens with one attached hydrogen (secondary N) is 1. The van der Waals surface area contributed by atoms with Crippen LogP contribution in [0.2, 0.25) is 0 Å². The van der Waals surface area contributed by atoms with E-state index in [1.165, 1.54) is 0 Å². The van der Waals surface area contributed by atoms with Crippen molar-refractivity contribution in [3.8, 4) is 0 Å². The van der Waals surface area contributed by atoms with Crippen molar-refractivity contribution in [1.29, 1.82) is 0 Å². The first-order chi connectivity index (χ1) is 11.2. The van der Waals surface area contributed by atoms with Crippen molar-refractivity contribution >= 4 is 7.82 Å². The number of phosphoric acid groups is 1. The van der Waals surface area contributed by atoms with Gasteiger partial charge in [0.2, 0.25) is 0 Å². The van der Waals surface area contributed by atoms with Gasteiger partial charge in [0.15, 0.2) is 0 Å². The van der Waals surface area contributed by atoms with Crippen molar-refractivity contribution in [1.82, 2.24) is 9.55 Å². The van der Waals surface area contributed by atoms with E-state index in [2.05, 4.69) is 14.5 Å². The number of azide groups is 1. The standard InChI is InChI=1S/C10H14N5O8P/c11-14-12-2-5-3-15(10(18)13-9(5)17)8-1-6(16)7(23-8)4-22-24(19,20)21/h3,6-8,16H,1-2,4H2,(H,13,17,18)(H2,19,20,21)/t6-,7+,8+/m0/s1. The first-order valence-electron chi connectivity index (χ1n) is 6.60. The molecule has 0 radical (unpaired) electrons.